The lowest BCUT2D eigenvalue weighted by molar-refractivity contribution is -0.119. The van der Waals surface area contributed by atoms with Crippen molar-refractivity contribution in [1.82, 2.24) is 0 Å². The van der Waals surface area contributed by atoms with Gasteiger partial charge in [0.2, 0.25) is 0 Å². The summed E-state index contributed by atoms with van der Waals surface area (Å²) in [6.45, 7) is 1.57. The second kappa shape index (κ2) is 9.60. The number of benzene rings is 3. The van der Waals surface area contributed by atoms with Gasteiger partial charge in [0.25, 0.3) is 5.91 Å². The van der Waals surface area contributed by atoms with Gasteiger partial charge in [0.05, 0.1) is 25.5 Å². The zero-order chi connectivity index (χ0) is 21.5. The molecule has 30 heavy (non-hydrogen) atoms. The maximum Gasteiger partial charge on any atom is 0.339 e. The lowest BCUT2D eigenvalue weighted by Crippen LogP contribution is -2.21. The molecule has 0 fully saturated rings. The molecule has 1 amide bonds. The van der Waals surface area contributed by atoms with Crippen LogP contribution in [0.15, 0.2) is 66.7 Å². The Balaban J connectivity index is 1.69. The van der Waals surface area contributed by atoms with E-state index in [0.29, 0.717) is 22.7 Å². The molecule has 154 valence electrons. The third kappa shape index (κ3) is 4.97. The van der Waals surface area contributed by atoms with Crippen molar-refractivity contribution < 1.29 is 23.8 Å². The minimum absolute atomic E-state index is 0.396. The molecule has 6 heteroatoms. The van der Waals surface area contributed by atoms with Crippen LogP contribution in [0.2, 0.25) is 0 Å². The number of esters is 1. The van der Waals surface area contributed by atoms with Crippen molar-refractivity contribution in [3.8, 4) is 22.6 Å². The molecule has 0 aliphatic rings. The fourth-order valence-corrected chi connectivity index (χ4v) is 2.95. The number of nitrogens with one attached hydrogen (secondary N) is 1. The molecule has 0 spiro atoms. The van der Waals surface area contributed by atoms with Gasteiger partial charge >= 0.3 is 5.97 Å². The molecule has 3 aromatic rings. The molecule has 3 aromatic carbocycles. The molecule has 0 bridgehead atoms. The Morgan fingerprint density at radius 1 is 0.900 bits per heavy atom. The first-order valence-corrected chi connectivity index (χ1v) is 9.37. The molecule has 0 saturated carbocycles. The van der Waals surface area contributed by atoms with Crippen molar-refractivity contribution in [2.24, 2.45) is 0 Å². The Hall–Kier alpha value is -3.80. The highest BCUT2D eigenvalue weighted by molar-refractivity contribution is 6.00. The van der Waals surface area contributed by atoms with E-state index in [1.807, 2.05) is 43.3 Å². The van der Waals surface area contributed by atoms with Gasteiger partial charge in [-0.1, -0.05) is 48.0 Å². The third-order valence-electron chi connectivity index (χ3n) is 4.52. The molecule has 0 heterocycles. The van der Waals surface area contributed by atoms with E-state index in [2.05, 4.69) is 5.32 Å². The van der Waals surface area contributed by atoms with Gasteiger partial charge in [-0.2, -0.15) is 0 Å². The Labute approximate surface area is 175 Å². The number of rotatable bonds is 7. The van der Waals surface area contributed by atoms with Gasteiger partial charge in [-0.05, 0) is 36.2 Å². The first-order valence-electron chi connectivity index (χ1n) is 9.37. The maximum atomic E-state index is 12.6. The van der Waals surface area contributed by atoms with Crippen molar-refractivity contribution in [2.75, 3.05) is 26.1 Å². The van der Waals surface area contributed by atoms with E-state index in [1.165, 1.54) is 14.2 Å². The summed E-state index contributed by atoms with van der Waals surface area (Å²) >= 11 is 0. The fraction of sp³-hybridized carbons (Fsp3) is 0.167. The predicted molar refractivity (Wildman–Crippen MR) is 115 cm³/mol. The number of carbonyl (C=O) groups excluding carboxylic acids is 2. The zero-order valence-corrected chi connectivity index (χ0v) is 17.1. The van der Waals surface area contributed by atoms with Crippen LogP contribution in [0.1, 0.15) is 15.9 Å². The van der Waals surface area contributed by atoms with Crippen molar-refractivity contribution in [3.05, 3.63) is 77.9 Å². The lowest BCUT2D eigenvalue weighted by atomic mass is 9.99. The fourth-order valence-electron chi connectivity index (χ4n) is 2.95. The van der Waals surface area contributed by atoms with Crippen LogP contribution < -0.4 is 14.8 Å². The molecule has 0 aliphatic heterocycles. The summed E-state index contributed by atoms with van der Waals surface area (Å²) in [5.74, 6) is -0.0167. The van der Waals surface area contributed by atoms with Gasteiger partial charge in [-0.25, -0.2) is 4.79 Å². The van der Waals surface area contributed by atoms with Crippen LogP contribution in [-0.4, -0.2) is 32.7 Å². The lowest BCUT2D eigenvalue weighted by Gasteiger charge is -2.13. The molecule has 3 rings (SSSR count). The van der Waals surface area contributed by atoms with Crippen molar-refractivity contribution in [2.45, 2.75) is 6.92 Å². The van der Waals surface area contributed by atoms with Gasteiger partial charge in [0.15, 0.2) is 6.61 Å². The molecule has 0 unspecified atom stereocenters. The van der Waals surface area contributed by atoms with Crippen LogP contribution in [0.3, 0.4) is 0 Å². The van der Waals surface area contributed by atoms with Gasteiger partial charge in [0.1, 0.15) is 11.5 Å². The Morgan fingerprint density at radius 2 is 1.63 bits per heavy atom. The largest absolute Gasteiger partial charge is 0.497 e. The Bertz CT molecular complexity index is 1040. The maximum absolute atomic E-state index is 12.6. The summed E-state index contributed by atoms with van der Waals surface area (Å²) < 4.78 is 15.7. The van der Waals surface area contributed by atoms with Crippen LogP contribution in [0.4, 0.5) is 5.69 Å². The minimum Gasteiger partial charge on any atom is -0.497 e. The molecule has 0 aromatic heterocycles. The number of ether oxygens (including phenoxy) is 3. The van der Waals surface area contributed by atoms with Crippen LogP contribution in [0, 0.1) is 6.92 Å². The van der Waals surface area contributed by atoms with Gasteiger partial charge in [0, 0.05) is 6.07 Å². The molecular weight excluding hydrogens is 382 g/mol. The number of aryl methyl sites for hydroxylation is 1. The molecular formula is C24H23NO5. The molecule has 6 nitrogen and oxygen atoms in total. The molecule has 0 atom stereocenters. The van der Waals surface area contributed by atoms with Crippen molar-refractivity contribution >= 4 is 17.6 Å². The average molecular weight is 405 g/mol. The van der Waals surface area contributed by atoms with Gasteiger partial charge in [-0.15, -0.1) is 0 Å². The highest BCUT2D eigenvalue weighted by Gasteiger charge is 2.16. The monoisotopic (exact) mass is 405 g/mol. The quantitative estimate of drug-likeness (QED) is 0.587. The second-order valence-electron chi connectivity index (χ2n) is 6.60. The average Bonchev–Trinajstić information content (AvgIpc) is 2.78. The van der Waals surface area contributed by atoms with E-state index in [9.17, 15) is 9.59 Å². The summed E-state index contributed by atoms with van der Waals surface area (Å²) in [5.41, 5.74) is 3.60. The van der Waals surface area contributed by atoms with Crippen LogP contribution in [0.5, 0.6) is 11.5 Å². The summed E-state index contributed by atoms with van der Waals surface area (Å²) in [7, 11) is 3.03. The van der Waals surface area contributed by atoms with Crippen LogP contribution in [-0.2, 0) is 9.53 Å². The summed E-state index contributed by atoms with van der Waals surface area (Å²) in [6.07, 6.45) is 0. The van der Waals surface area contributed by atoms with E-state index in [0.717, 1.165) is 16.7 Å². The predicted octanol–water partition coefficient (Wildman–Crippen LogP) is 4.47. The van der Waals surface area contributed by atoms with Gasteiger partial charge < -0.3 is 19.5 Å². The van der Waals surface area contributed by atoms with Crippen molar-refractivity contribution in [3.63, 3.8) is 0 Å². The number of hydrogen-bond acceptors (Lipinski definition) is 5. The first kappa shape index (κ1) is 20.9. The summed E-state index contributed by atoms with van der Waals surface area (Å²) in [5, 5.41) is 2.67. The smallest absolute Gasteiger partial charge is 0.339 e. The third-order valence-corrected chi connectivity index (χ3v) is 4.52. The number of anilines is 1. The summed E-state index contributed by atoms with van der Waals surface area (Å²) in [4.78, 5) is 25.0. The SMILES string of the molecule is COc1ccc(OC)c(NC(=O)COC(=O)c2ccccc2-c2ccc(C)cc2)c1. The Kier molecular flexibility index (Phi) is 6.70. The number of methoxy groups -OCH3 is 2. The normalized spacial score (nSPS) is 10.2. The number of amides is 1. The minimum atomic E-state index is -0.570. The van der Waals surface area contributed by atoms with Crippen molar-refractivity contribution in [1.29, 1.82) is 0 Å². The Morgan fingerprint density at radius 3 is 2.33 bits per heavy atom. The van der Waals surface area contributed by atoms with Crippen LogP contribution in [0.25, 0.3) is 11.1 Å². The molecule has 0 saturated heterocycles. The van der Waals surface area contributed by atoms with Crippen LogP contribution >= 0.6 is 0 Å². The molecule has 0 aliphatic carbocycles. The highest BCUT2D eigenvalue weighted by Crippen LogP contribution is 2.29. The number of carbonyl (C=O) groups is 2. The van der Waals surface area contributed by atoms with E-state index < -0.39 is 18.5 Å². The van der Waals surface area contributed by atoms with E-state index in [4.69, 9.17) is 14.2 Å². The van der Waals surface area contributed by atoms with Gasteiger partial charge in [-0.3, -0.25) is 4.79 Å². The second-order valence-corrected chi connectivity index (χ2v) is 6.60. The summed E-state index contributed by atoms with van der Waals surface area (Å²) in [6, 6.07) is 20.0. The van der Waals surface area contributed by atoms with E-state index in [1.54, 1.807) is 30.3 Å². The van der Waals surface area contributed by atoms with E-state index >= 15 is 0 Å². The topological polar surface area (TPSA) is 73.9 Å². The standard InChI is InChI=1S/C24H23NO5/c1-16-8-10-17(11-9-16)19-6-4-5-7-20(19)24(27)30-15-23(26)25-21-14-18(28-2)12-13-22(21)29-3/h4-14H,15H2,1-3H3,(H,25,26). The van der Waals surface area contributed by atoms with E-state index in [-0.39, 0.29) is 0 Å². The number of hydrogen-bond donors (Lipinski definition) is 1. The highest BCUT2D eigenvalue weighted by atomic mass is 16.5. The zero-order valence-electron chi connectivity index (χ0n) is 17.1. The molecule has 1 N–H and O–H groups in total. The molecule has 0 radical (unpaired) electrons. The first-order chi connectivity index (χ1) is 14.5.